The fourth-order valence-electron chi connectivity index (χ4n) is 2.01. The third-order valence-electron chi connectivity index (χ3n) is 3.60. The first kappa shape index (κ1) is 21.5. The Kier molecular flexibility index (Phi) is 4.70. The number of rotatable bonds is 4. The van der Waals surface area contributed by atoms with Crippen LogP contribution in [0.25, 0.3) is 0 Å². The van der Waals surface area contributed by atoms with E-state index in [1.54, 1.807) is 0 Å². The van der Waals surface area contributed by atoms with E-state index in [1.807, 2.05) is 0 Å². The molecule has 146 valence electrons. The third-order valence-corrected chi connectivity index (χ3v) is 3.60. The molecule has 0 spiro atoms. The van der Waals surface area contributed by atoms with Crippen LogP contribution in [-0.4, -0.2) is 47.9 Å². The molecule has 0 heterocycles. The van der Waals surface area contributed by atoms with Crippen molar-refractivity contribution in [1.82, 2.24) is 0 Å². The van der Waals surface area contributed by atoms with E-state index in [9.17, 15) is 53.1 Å². The first-order valence-corrected chi connectivity index (χ1v) is 6.23. The molecule has 0 aliphatic heterocycles. The molecule has 0 saturated heterocycles. The van der Waals surface area contributed by atoms with Crippen LogP contribution in [-0.2, 0) is 9.53 Å². The van der Waals surface area contributed by atoms with E-state index in [2.05, 4.69) is 11.3 Å². The van der Waals surface area contributed by atoms with Gasteiger partial charge in [-0.3, -0.25) is 0 Å². The number of halogens is 11. The van der Waals surface area contributed by atoms with Crippen molar-refractivity contribution in [2.45, 2.75) is 48.6 Å². The fourth-order valence-corrected chi connectivity index (χ4v) is 2.01. The molecule has 1 aliphatic carbocycles. The maximum Gasteiger partial charge on any atom is 0.384 e. The minimum Gasteiger partial charge on any atom is -0.462 e. The van der Waals surface area contributed by atoms with Crippen molar-refractivity contribution in [3.63, 3.8) is 0 Å². The van der Waals surface area contributed by atoms with Crippen LogP contribution in [0.2, 0.25) is 0 Å². The molecule has 0 aromatic rings. The smallest absolute Gasteiger partial charge is 0.384 e. The highest BCUT2D eigenvalue weighted by atomic mass is 19.4. The van der Waals surface area contributed by atoms with Gasteiger partial charge in [-0.2, -0.15) is 43.9 Å². The molecule has 0 atom stereocenters. The summed E-state index contributed by atoms with van der Waals surface area (Å²) < 4.78 is 150. The lowest BCUT2D eigenvalue weighted by Crippen LogP contribution is -2.83. The van der Waals surface area contributed by atoms with Gasteiger partial charge < -0.3 is 4.74 Å². The number of hydrogen-bond acceptors (Lipinski definition) is 2. The number of ether oxygens (including phenoxy) is 1. The van der Waals surface area contributed by atoms with Crippen LogP contribution in [0.3, 0.4) is 0 Å². The number of alkyl halides is 11. The Morgan fingerprint density at radius 3 is 1.40 bits per heavy atom. The molecule has 0 N–H and O–H groups in total. The molecule has 0 radical (unpaired) electrons. The van der Waals surface area contributed by atoms with E-state index < -0.39 is 59.9 Å². The second-order valence-corrected chi connectivity index (χ2v) is 5.34. The monoisotopic (exact) mass is 394 g/mol. The Hall–Kier alpha value is -1.56. The molecule has 0 amide bonds. The van der Waals surface area contributed by atoms with E-state index in [4.69, 9.17) is 0 Å². The Labute approximate surface area is 132 Å². The number of carbonyl (C=O) groups is 1. The number of hydrogen-bond donors (Lipinski definition) is 0. The topological polar surface area (TPSA) is 26.3 Å². The summed E-state index contributed by atoms with van der Waals surface area (Å²) in [6, 6.07) is 0. The van der Waals surface area contributed by atoms with Crippen LogP contribution in [0.4, 0.5) is 48.3 Å². The van der Waals surface area contributed by atoms with Gasteiger partial charge in [-0.25, -0.2) is 9.18 Å². The van der Waals surface area contributed by atoms with Crippen molar-refractivity contribution >= 4 is 5.97 Å². The molecule has 1 fully saturated rings. The highest BCUT2D eigenvalue weighted by Gasteiger charge is 3.00. The van der Waals surface area contributed by atoms with E-state index >= 15 is 0 Å². The highest BCUT2D eigenvalue weighted by molar-refractivity contribution is 5.86. The molecule has 0 aromatic heterocycles. The summed E-state index contributed by atoms with van der Waals surface area (Å²) in [5.41, 5.74) is -6.58. The summed E-state index contributed by atoms with van der Waals surface area (Å²) in [6.45, 7) is 2.13. The average Bonchev–Trinajstić information content (AvgIpc) is 2.44. The van der Waals surface area contributed by atoms with Gasteiger partial charge in [-0.15, -0.1) is 0 Å². The van der Waals surface area contributed by atoms with Gasteiger partial charge in [-0.05, 0) is 6.92 Å². The fraction of sp³-hybridized carbons (Fsp3) is 0.750. The number of esters is 1. The predicted molar refractivity (Wildman–Crippen MR) is 59.0 cm³/mol. The van der Waals surface area contributed by atoms with Crippen molar-refractivity contribution in [3.8, 4) is 0 Å². The Balaban J connectivity index is 3.40. The zero-order chi connectivity index (χ0) is 20.3. The third kappa shape index (κ3) is 2.33. The van der Waals surface area contributed by atoms with Gasteiger partial charge in [-0.1, -0.05) is 6.58 Å². The normalized spacial score (nSPS) is 27.4. The molecule has 1 saturated carbocycles. The van der Waals surface area contributed by atoms with E-state index in [0.29, 0.717) is 0 Å². The highest BCUT2D eigenvalue weighted by Crippen LogP contribution is 2.70. The molecular weight excluding hydrogens is 385 g/mol. The lowest BCUT2D eigenvalue weighted by molar-refractivity contribution is -0.486. The van der Waals surface area contributed by atoms with Crippen LogP contribution in [0.5, 0.6) is 0 Å². The van der Waals surface area contributed by atoms with Gasteiger partial charge >= 0.3 is 35.6 Å². The second-order valence-electron chi connectivity index (χ2n) is 5.34. The maximum atomic E-state index is 14.1. The van der Waals surface area contributed by atoms with Gasteiger partial charge in [0.25, 0.3) is 5.67 Å². The van der Waals surface area contributed by atoms with Gasteiger partial charge in [0.1, 0.15) is 0 Å². The van der Waals surface area contributed by atoms with Crippen LogP contribution >= 0.6 is 0 Å². The maximum absolute atomic E-state index is 14.1. The summed E-state index contributed by atoms with van der Waals surface area (Å²) in [5.74, 6) is -36.8. The zero-order valence-corrected chi connectivity index (χ0v) is 12.1. The van der Waals surface area contributed by atoms with Crippen LogP contribution in [0, 0.1) is 0 Å². The molecule has 0 unspecified atom stereocenters. The minimum atomic E-state index is -7.25. The molecule has 2 nitrogen and oxygen atoms in total. The van der Waals surface area contributed by atoms with E-state index in [0.717, 1.165) is 6.92 Å². The van der Waals surface area contributed by atoms with E-state index in [1.165, 1.54) is 0 Å². The van der Waals surface area contributed by atoms with Crippen LogP contribution < -0.4 is 0 Å². The second kappa shape index (κ2) is 5.47. The molecule has 25 heavy (non-hydrogen) atoms. The average molecular weight is 394 g/mol. The zero-order valence-electron chi connectivity index (χ0n) is 12.1. The Bertz CT molecular complexity index is 552. The van der Waals surface area contributed by atoms with Crippen LogP contribution in [0.1, 0.15) is 13.3 Å². The summed E-state index contributed by atoms with van der Waals surface area (Å²) in [6.07, 6.45) is -2.60. The summed E-state index contributed by atoms with van der Waals surface area (Å²) >= 11 is 0. The van der Waals surface area contributed by atoms with Gasteiger partial charge in [0, 0.05) is 12.0 Å². The Morgan fingerprint density at radius 1 is 0.760 bits per heavy atom. The lowest BCUT2D eigenvalue weighted by atomic mass is 9.71. The molecule has 1 rings (SSSR count). The predicted octanol–water partition coefficient (Wildman–Crippen LogP) is 4.39. The van der Waals surface area contributed by atoms with Gasteiger partial charge in [0.2, 0.25) is 0 Å². The van der Waals surface area contributed by atoms with Crippen molar-refractivity contribution in [2.24, 2.45) is 0 Å². The lowest BCUT2D eigenvalue weighted by Gasteiger charge is -2.52. The number of carbonyl (C=O) groups excluding carboxylic acids is 1. The molecular formula is C12H9F11O2. The minimum absolute atomic E-state index is 0.447. The quantitative estimate of drug-likeness (QED) is 0.402. The van der Waals surface area contributed by atoms with Crippen molar-refractivity contribution in [3.05, 3.63) is 12.2 Å². The summed E-state index contributed by atoms with van der Waals surface area (Å²) in [7, 11) is 0. The molecule has 1 aliphatic rings. The molecule has 13 heteroatoms. The summed E-state index contributed by atoms with van der Waals surface area (Å²) in [4.78, 5) is 10.9. The van der Waals surface area contributed by atoms with E-state index in [-0.39, 0.29) is 0 Å². The van der Waals surface area contributed by atoms with Crippen molar-refractivity contribution in [1.29, 1.82) is 0 Å². The van der Waals surface area contributed by atoms with Crippen LogP contribution in [0.15, 0.2) is 12.2 Å². The van der Waals surface area contributed by atoms with Crippen molar-refractivity contribution < 1.29 is 57.8 Å². The van der Waals surface area contributed by atoms with Gasteiger partial charge in [0.15, 0.2) is 0 Å². The first-order valence-electron chi connectivity index (χ1n) is 6.23. The summed E-state index contributed by atoms with van der Waals surface area (Å²) in [5, 5.41) is 0. The Morgan fingerprint density at radius 2 is 1.08 bits per heavy atom. The molecule has 0 bridgehead atoms. The SMILES string of the molecule is C=C(C)C(=O)OCCC1(F)C(F)(F)C(F)(F)C(F)(F)C(F)(F)C1(F)F. The standard InChI is InChI=1S/C12H9F11O2/c1-5(2)6(24)25-4-3-7(13)8(14,15)10(18,19)12(22,23)11(20,21)9(7,16)17/h1,3-4H2,2H3. The molecule has 0 aromatic carbocycles. The first-order chi connectivity index (χ1) is 10.8. The van der Waals surface area contributed by atoms with Crippen molar-refractivity contribution in [2.75, 3.05) is 6.61 Å². The van der Waals surface area contributed by atoms with Gasteiger partial charge in [0.05, 0.1) is 6.61 Å². The largest absolute Gasteiger partial charge is 0.462 e.